The highest BCUT2D eigenvalue weighted by atomic mass is 16.5. The first kappa shape index (κ1) is 9.06. The van der Waals surface area contributed by atoms with E-state index in [-0.39, 0.29) is 11.8 Å². The van der Waals surface area contributed by atoms with Crippen LogP contribution in [0.2, 0.25) is 0 Å². The molecule has 2 rings (SSSR count). The lowest BCUT2D eigenvalue weighted by Gasteiger charge is -2.01. The molecule has 0 aromatic heterocycles. The van der Waals surface area contributed by atoms with E-state index in [0.717, 1.165) is 17.7 Å². The van der Waals surface area contributed by atoms with Gasteiger partial charge in [0.15, 0.2) is 0 Å². The fourth-order valence-electron chi connectivity index (χ4n) is 1.69. The molecule has 0 saturated heterocycles. The third kappa shape index (κ3) is 1.58. The van der Waals surface area contributed by atoms with E-state index < -0.39 is 5.97 Å². The van der Waals surface area contributed by atoms with Crippen molar-refractivity contribution in [2.24, 2.45) is 5.92 Å². The molecule has 0 unspecified atom stereocenters. The zero-order valence-corrected chi connectivity index (χ0v) is 7.93. The minimum atomic E-state index is -0.689. The Kier molecular flexibility index (Phi) is 2.15. The van der Waals surface area contributed by atoms with Crippen LogP contribution in [0.5, 0.6) is 5.75 Å². The summed E-state index contributed by atoms with van der Waals surface area (Å²) in [5, 5.41) is 8.76. The van der Waals surface area contributed by atoms with Gasteiger partial charge in [0.1, 0.15) is 5.75 Å². The van der Waals surface area contributed by atoms with Crippen molar-refractivity contribution in [3.05, 3.63) is 29.8 Å². The molecule has 0 spiro atoms. The number of methoxy groups -OCH3 is 1. The van der Waals surface area contributed by atoms with Gasteiger partial charge in [-0.2, -0.15) is 0 Å². The van der Waals surface area contributed by atoms with Gasteiger partial charge in [0.2, 0.25) is 0 Å². The van der Waals surface area contributed by atoms with Crippen molar-refractivity contribution < 1.29 is 14.6 Å². The van der Waals surface area contributed by atoms with Crippen LogP contribution in [0.4, 0.5) is 0 Å². The Balaban J connectivity index is 2.08. The highest BCUT2D eigenvalue weighted by molar-refractivity contribution is 5.75. The summed E-state index contributed by atoms with van der Waals surface area (Å²) in [4.78, 5) is 10.6. The number of benzene rings is 1. The van der Waals surface area contributed by atoms with Gasteiger partial charge in [-0.3, -0.25) is 4.79 Å². The molecule has 3 heteroatoms. The molecule has 0 heterocycles. The lowest BCUT2D eigenvalue weighted by atomic mass is 10.1. The van der Waals surface area contributed by atoms with Gasteiger partial charge in [-0.1, -0.05) is 12.1 Å². The zero-order valence-electron chi connectivity index (χ0n) is 7.93. The lowest BCUT2D eigenvalue weighted by Crippen LogP contribution is -1.98. The highest BCUT2D eigenvalue weighted by Crippen LogP contribution is 2.47. The topological polar surface area (TPSA) is 46.5 Å². The van der Waals surface area contributed by atoms with Crippen LogP contribution in [0.15, 0.2) is 24.3 Å². The molecule has 1 aromatic rings. The van der Waals surface area contributed by atoms with Gasteiger partial charge in [-0.05, 0) is 30.0 Å². The van der Waals surface area contributed by atoms with Crippen molar-refractivity contribution in [2.45, 2.75) is 12.3 Å². The molecular formula is C11H12O3. The molecule has 3 nitrogen and oxygen atoms in total. The highest BCUT2D eigenvalue weighted by Gasteiger charge is 2.43. The summed E-state index contributed by atoms with van der Waals surface area (Å²) in [6.07, 6.45) is 0.766. The quantitative estimate of drug-likeness (QED) is 0.795. The predicted molar refractivity (Wildman–Crippen MR) is 51.5 cm³/mol. The molecule has 2 atom stereocenters. The van der Waals surface area contributed by atoms with E-state index in [4.69, 9.17) is 9.84 Å². The van der Waals surface area contributed by atoms with E-state index >= 15 is 0 Å². The molecule has 0 radical (unpaired) electrons. The van der Waals surface area contributed by atoms with Gasteiger partial charge in [0.05, 0.1) is 13.0 Å². The first-order chi connectivity index (χ1) is 6.72. The molecule has 0 amide bonds. The second-order valence-electron chi connectivity index (χ2n) is 3.56. The molecule has 74 valence electrons. The van der Waals surface area contributed by atoms with Gasteiger partial charge in [0.25, 0.3) is 0 Å². The van der Waals surface area contributed by atoms with Gasteiger partial charge in [0, 0.05) is 0 Å². The molecule has 1 N–H and O–H groups in total. The van der Waals surface area contributed by atoms with Crippen molar-refractivity contribution in [2.75, 3.05) is 7.11 Å². The number of rotatable bonds is 3. The zero-order chi connectivity index (χ0) is 10.1. The van der Waals surface area contributed by atoms with Crippen molar-refractivity contribution in [1.82, 2.24) is 0 Å². The van der Waals surface area contributed by atoms with Crippen LogP contribution in [-0.2, 0) is 4.79 Å². The maximum atomic E-state index is 10.6. The van der Waals surface area contributed by atoms with Gasteiger partial charge >= 0.3 is 5.97 Å². The largest absolute Gasteiger partial charge is 0.497 e. The van der Waals surface area contributed by atoms with Gasteiger partial charge in [-0.25, -0.2) is 0 Å². The average Bonchev–Trinajstić information content (AvgIpc) is 2.97. The maximum Gasteiger partial charge on any atom is 0.307 e. The van der Waals surface area contributed by atoms with Crippen LogP contribution in [0, 0.1) is 5.92 Å². The number of aliphatic carboxylic acids is 1. The number of carboxylic acid groups (broad SMARTS) is 1. The first-order valence-electron chi connectivity index (χ1n) is 4.59. The normalized spacial score (nSPS) is 24.4. The fraction of sp³-hybridized carbons (Fsp3) is 0.364. The molecule has 0 aliphatic heterocycles. The van der Waals surface area contributed by atoms with Crippen LogP contribution in [0.1, 0.15) is 17.9 Å². The summed E-state index contributed by atoms with van der Waals surface area (Å²) in [6, 6.07) is 7.61. The number of ether oxygens (including phenoxy) is 1. The molecule has 0 bridgehead atoms. The van der Waals surface area contributed by atoms with Crippen molar-refractivity contribution in [3.63, 3.8) is 0 Å². The third-order valence-corrected chi connectivity index (χ3v) is 2.65. The van der Waals surface area contributed by atoms with Gasteiger partial charge in [-0.15, -0.1) is 0 Å². The molecule has 1 saturated carbocycles. The van der Waals surface area contributed by atoms with Crippen LogP contribution in [0.25, 0.3) is 0 Å². The second-order valence-corrected chi connectivity index (χ2v) is 3.56. The van der Waals surface area contributed by atoms with Crippen molar-refractivity contribution in [3.8, 4) is 5.75 Å². The fourth-order valence-corrected chi connectivity index (χ4v) is 1.69. The lowest BCUT2D eigenvalue weighted by molar-refractivity contribution is -0.138. The predicted octanol–water partition coefficient (Wildman–Crippen LogP) is 1.88. The van der Waals surface area contributed by atoms with E-state index in [2.05, 4.69) is 0 Å². The average molecular weight is 192 g/mol. The number of carbonyl (C=O) groups is 1. The third-order valence-electron chi connectivity index (χ3n) is 2.65. The van der Waals surface area contributed by atoms with E-state index in [0.29, 0.717) is 0 Å². The minimum Gasteiger partial charge on any atom is -0.497 e. The smallest absolute Gasteiger partial charge is 0.307 e. The van der Waals surface area contributed by atoms with Crippen LogP contribution in [-0.4, -0.2) is 18.2 Å². The Morgan fingerprint density at radius 3 is 2.50 bits per heavy atom. The Hall–Kier alpha value is -1.51. The molecular weight excluding hydrogens is 180 g/mol. The van der Waals surface area contributed by atoms with E-state index in [9.17, 15) is 4.79 Å². The standard InChI is InChI=1S/C11H12O3/c1-14-8-4-2-7(3-5-8)9-6-10(9)11(12)13/h2-5,9-10H,6H2,1H3,(H,12,13)/t9-,10-/m0/s1. The van der Waals surface area contributed by atoms with Crippen LogP contribution in [0.3, 0.4) is 0 Å². The Bertz CT molecular complexity index is 342. The van der Waals surface area contributed by atoms with Crippen molar-refractivity contribution in [1.29, 1.82) is 0 Å². The summed E-state index contributed by atoms with van der Waals surface area (Å²) < 4.78 is 5.03. The molecule has 1 aliphatic rings. The van der Waals surface area contributed by atoms with Gasteiger partial charge < -0.3 is 9.84 Å². The Morgan fingerprint density at radius 2 is 2.07 bits per heavy atom. The van der Waals surface area contributed by atoms with Crippen LogP contribution < -0.4 is 4.74 Å². The summed E-state index contributed by atoms with van der Waals surface area (Å²) in [5.74, 6) is 0.147. The minimum absolute atomic E-state index is 0.177. The number of hydrogen-bond acceptors (Lipinski definition) is 2. The van der Waals surface area contributed by atoms with E-state index in [1.165, 1.54) is 0 Å². The molecule has 1 fully saturated rings. The Morgan fingerprint density at radius 1 is 1.43 bits per heavy atom. The summed E-state index contributed by atoms with van der Waals surface area (Å²) in [7, 11) is 1.62. The van der Waals surface area contributed by atoms with Crippen molar-refractivity contribution >= 4 is 5.97 Å². The number of carboxylic acids is 1. The monoisotopic (exact) mass is 192 g/mol. The van der Waals surface area contributed by atoms with E-state index in [1.807, 2.05) is 24.3 Å². The number of hydrogen-bond donors (Lipinski definition) is 1. The molecule has 14 heavy (non-hydrogen) atoms. The first-order valence-corrected chi connectivity index (χ1v) is 4.59. The molecule has 1 aromatic carbocycles. The summed E-state index contributed by atoms with van der Waals surface area (Å²) in [6.45, 7) is 0. The second kappa shape index (κ2) is 3.33. The van der Waals surface area contributed by atoms with E-state index in [1.54, 1.807) is 7.11 Å². The SMILES string of the molecule is COc1ccc([C@@H]2C[C@@H]2C(=O)O)cc1. The summed E-state index contributed by atoms with van der Waals surface area (Å²) >= 11 is 0. The van der Waals surface area contributed by atoms with Crippen LogP contribution >= 0.6 is 0 Å². The summed E-state index contributed by atoms with van der Waals surface area (Å²) in [5.41, 5.74) is 1.10. The molecule has 1 aliphatic carbocycles. The maximum absolute atomic E-state index is 10.6. The Labute approximate surface area is 82.3 Å².